The molecular weight excluding hydrogens is 326 g/mol. The van der Waals surface area contributed by atoms with Crippen LogP contribution in [0.4, 0.5) is 5.69 Å². The second-order valence-electron chi connectivity index (χ2n) is 7.96. The highest BCUT2D eigenvalue weighted by Crippen LogP contribution is 2.20. The van der Waals surface area contributed by atoms with Gasteiger partial charge in [0, 0.05) is 44.0 Å². The van der Waals surface area contributed by atoms with Crippen molar-refractivity contribution in [2.75, 3.05) is 57.4 Å². The van der Waals surface area contributed by atoms with Gasteiger partial charge < -0.3 is 19.9 Å². The van der Waals surface area contributed by atoms with Gasteiger partial charge in [-0.15, -0.1) is 0 Å². The molecule has 26 heavy (non-hydrogen) atoms. The Hall–Kier alpha value is -1.59. The van der Waals surface area contributed by atoms with E-state index < -0.39 is 0 Å². The number of hydrogen-bond donors (Lipinski definition) is 1. The molecule has 3 rings (SSSR count). The van der Waals surface area contributed by atoms with E-state index in [9.17, 15) is 4.79 Å². The van der Waals surface area contributed by atoms with Crippen LogP contribution in [0.15, 0.2) is 24.3 Å². The summed E-state index contributed by atoms with van der Waals surface area (Å²) in [4.78, 5) is 17.2. The van der Waals surface area contributed by atoms with Crippen molar-refractivity contribution in [3.8, 4) is 0 Å². The first kappa shape index (κ1) is 19.2. The number of rotatable bonds is 6. The minimum absolute atomic E-state index is 0.0268. The van der Waals surface area contributed by atoms with Crippen molar-refractivity contribution in [2.45, 2.75) is 26.7 Å². The van der Waals surface area contributed by atoms with E-state index in [4.69, 9.17) is 4.74 Å². The van der Waals surface area contributed by atoms with Crippen molar-refractivity contribution in [3.63, 3.8) is 0 Å². The molecule has 2 saturated heterocycles. The monoisotopic (exact) mass is 359 g/mol. The second-order valence-corrected chi connectivity index (χ2v) is 7.96. The van der Waals surface area contributed by atoms with E-state index in [1.807, 2.05) is 24.3 Å². The largest absolute Gasteiger partial charge is 0.378 e. The Bertz CT molecular complexity index is 559. The summed E-state index contributed by atoms with van der Waals surface area (Å²) in [5.41, 5.74) is 1.90. The Kier molecular flexibility index (Phi) is 6.92. The van der Waals surface area contributed by atoms with Gasteiger partial charge in [0.1, 0.15) is 0 Å². The number of carbonyl (C=O) groups is 1. The fraction of sp³-hybridized carbons (Fsp3) is 0.667. The number of hydrogen-bond acceptors (Lipinski definition) is 4. The summed E-state index contributed by atoms with van der Waals surface area (Å²) in [6, 6.07) is 7.93. The van der Waals surface area contributed by atoms with Crippen LogP contribution in [0, 0.1) is 11.8 Å². The summed E-state index contributed by atoms with van der Waals surface area (Å²) < 4.78 is 5.38. The zero-order valence-electron chi connectivity index (χ0n) is 16.2. The topological polar surface area (TPSA) is 44.8 Å². The lowest BCUT2D eigenvalue weighted by Gasteiger charge is -2.34. The van der Waals surface area contributed by atoms with Gasteiger partial charge in [-0.1, -0.05) is 13.8 Å². The Balaban J connectivity index is 1.39. The van der Waals surface area contributed by atoms with Gasteiger partial charge in [-0.25, -0.2) is 0 Å². The number of ether oxygens (including phenoxy) is 1. The van der Waals surface area contributed by atoms with Crippen LogP contribution in [0.25, 0.3) is 0 Å². The number of nitrogens with zero attached hydrogens (tertiary/aromatic N) is 2. The average molecular weight is 360 g/mol. The van der Waals surface area contributed by atoms with E-state index in [1.165, 1.54) is 19.5 Å². The molecule has 1 N–H and O–H groups in total. The molecular formula is C21H33N3O2. The smallest absolute Gasteiger partial charge is 0.251 e. The quantitative estimate of drug-likeness (QED) is 0.793. The maximum atomic E-state index is 12.3. The highest BCUT2D eigenvalue weighted by Gasteiger charge is 2.21. The number of likely N-dealkylation sites (tertiary alicyclic amines) is 1. The van der Waals surface area contributed by atoms with Crippen molar-refractivity contribution in [1.82, 2.24) is 10.2 Å². The van der Waals surface area contributed by atoms with Crippen LogP contribution in [-0.2, 0) is 4.74 Å². The highest BCUT2D eigenvalue weighted by atomic mass is 16.5. The molecule has 2 aliphatic heterocycles. The number of carbonyl (C=O) groups excluding carboxylic acids is 1. The number of morpholine rings is 1. The van der Waals surface area contributed by atoms with Gasteiger partial charge in [0.05, 0.1) is 13.2 Å². The molecule has 0 radical (unpaired) electrons. The zero-order valence-corrected chi connectivity index (χ0v) is 16.2. The predicted octanol–water partition coefficient (Wildman–Crippen LogP) is 2.62. The fourth-order valence-electron chi connectivity index (χ4n) is 4.23. The molecule has 2 atom stereocenters. The normalized spacial score (nSPS) is 24.5. The van der Waals surface area contributed by atoms with E-state index in [-0.39, 0.29) is 5.91 Å². The van der Waals surface area contributed by atoms with Gasteiger partial charge in [0.25, 0.3) is 5.91 Å². The maximum Gasteiger partial charge on any atom is 0.251 e. The minimum atomic E-state index is 0.0268. The van der Waals surface area contributed by atoms with Crippen molar-refractivity contribution in [1.29, 1.82) is 0 Å². The fourth-order valence-corrected chi connectivity index (χ4v) is 4.23. The Morgan fingerprint density at radius 2 is 1.77 bits per heavy atom. The van der Waals surface area contributed by atoms with Gasteiger partial charge >= 0.3 is 0 Å². The molecule has 5 nitrogen and oxygen atoms in total. The first-order chi connectivity index (χ1) is 12.6. The van der Waals surface area contributed by atoms with Crippen LogP contribution in [0.5, 0.6) is 0 Å². The molecule has 0 aromatic heterocycles. The molecule has 144 valence electrons. The first-order valence-corrected chi connectivity index (χ1v) is 10.0. The van der Waals surface area contributed by atoms with Gasteiger partial charge in [-0.2, -0.15) is 0 Å². The Labute approximate surface area is 157 Å². The van der Waals surface area contributed by atoms with Crippen LogP contribution < -0.4 is 10.2 Å². The van der Waals surface area contributed by atoms with Gasteiger partial charge in [-0.05, 0) is 55.5 Å². The zero-order chi connectivity index (χ0) is 18.4. The second kappa shape index (κ2) is 9.38. The lowest BCUT2D eigenvalue weighted by atomic mass is 9.92. The van der Waals surface area contributed by atoms with Crippen LogP contribution >= 0.6 is 0 Å². The molecule has 2 fully saturated rings. The van der Waals surface area contributed by atoms with Crippen molar-refractivity contribution in [3.05, 3.63) is 29.8 Å². The summed E-state index contributed by atoms with van der Waals surface area (Å²) in [5.74, 6) is 1.61. The molecule has 2 aliphatic rings. The van der Waals surface area contributed by atoms with Gasteiger partial charge in [-0.3, -0.25) is 4.79 Å². The SMILES string of the molecule is C[C@@H]1C[C@H](C)CN(CCCNC(=O)c2ccc(N3CCOCC3)cc2)C1. The molecule has 2 heterocycles. The van der Waals surface area contributed by atoms with Crippen molar-refractivity contribution < 1.29 is 9.53 Å². The van der Waals surface area contributed by atoms with Gasteiger partial charge in [0.15, 0.2) is 0 Å². The summed E-state index contributed by atoms with van der Waals surface area (Å²) >= 11 is 0. The van der Waals surface area contributed by atoms with Crippen molar-refractivity contribution >= 4 is 11.6 Å². The number of nitrogens with one attached hydrogen (secondary N) is 1. The molecule has 0 bridgehead atoms. The summed E-state index contributed by atoms with van der Waals surface area (Å²) in [5, 5.41) is 3.06. The lowest BCUT2D eigenvalue weighted by Crippen LogP contribution is -2.40. The van der Waals surface area contributed by atoms with E-state index in [2.05, 4.69) is 29.0 Å². The number of piperidine rings is 1. The summed E-state index contributed by atoms with van der Waals surface area (Å²) in [7, 11) is 0. The molecule has 0 saturated carbocycles. The van der Waals surface area contributed by atoms with Crippen molar-refractivity contribution in [2.24, 2.45) is 11.8 Å². The average Bonchev–Trinajstić information content (AvgIpc) is 2.65. The summed E-state index contributed by atoms with van der Waals surface area (Å²) in [6.45, 7) is 12.3. The Morgan fingerprint density at radius 3 is 2.42 bits per heavy atom. The predicted molar refractivity (Wildman–Crippen MR) is 106 cm³/mol. The van der Waals surface area contributed by atoms with Crippen LogP contribution in [0.1, 0.15) is 37.0 Å². The third-order valence-corrected chi connectivity index (χ3v) is 5.39. The van der Waals surface area contributed by atoms with Crippen LogP contribution in [0.3, 0.4) is 0 Å². The standard InChI is InChI=1S/C21H33N3O2/c1-17-14-18(2)16-23(15-17)9-3-8-22-21(25)19-4-6-20(7-5-19)24-10-12-26-13-11-24/h4-7,17-18H,3,8-16H2,1-2H3,(H,22,25)/t17-,18+. The van der Waals surface area contributed by atoms with Crippen LogP contribution in [0.2, 0.25) is 0 Å². The van der Waals surface area contributed by atoms with E-state index in [0.717, 1.165) is 68.9 Å². The third kappa shape index (κ3) is 5.45. The Morgan fingerprint density at radius 1 is 1.12 bits per heavy atom. The van der Waals surface area contributed by atoms with E-state index in [0.29, 0.717) is 0 Å². The molecule has 0 spiro atoms. The van der Waals surface area contributed by atoms with Crippen LogP contribution in [-0.4, -0.2) is 63.3 Å². The molecule has 1 aromatic rings. The molecule has 1 aromatic carbocycles. The first-order valence-electron chi connectivity index (χ1n) is 10.0. The number of benzene rings is 1. The van der Waals surface area contributed by atoms with E-state index in [1.54, 1.807) is 0 Å². The van der Waals surface area contributed by atoms with E-state index >= 15 is 0 Å². The lowest BCUT2D eigenvalue weighted by molar-refractivity contribution is 0.0947. The molecule has 5 heteroatoms. The highest BCUT2D eigenvalue weighted by molar-refractivity contribution is 5.94. The summed E-state index contributed by atoms with van der Waals surface area (Å²) in [6.07, 6.45) is 2.35. The minimum Gasteiger partial charge on any atom is -0.378 e. The molecule has 1 amide bonds. The van der Waals surface area contributed by atoms with Gasteiger partial charge in [0.2, 0.25) is 0 Å². The molecule has 0 aliphatic carbocycles. The molecule has 0 unspecified atom stereocenters. The number of anilines is 1. The maximum absolute atomic E-state index is 12.3. The number of amides is 1. The third-order valence-electron chi connectivity index (χ3n) is 5.39.